The number of benzene rings is 1. The van der Waals surface area contributed by atoms with Crippen molar-refractivity contribution in [1.82, 2.24) is 15.1 Å². The predicted octanol–water partition coefficient (Wildman–Crippen LogP) is 1.59. The van der Waals surface area contributed by atoms with E-state index in [9.17, 15) is 9.59 Å². The molecule has 6 nitrogen and oxygen atoms in total. The van der Waals surface area contributed by atoms with E-state index < -0.39 is 0 Å². The Balaban J connectivity index is 1.54. The van der Waals surface area contributed by atoms with Crippen LogP contribution in [-0.4, -0.2) is 73.5 Å². The van der Waals surface area contributed by atoms with Crippen LogP contribution in [0, 0.1) is 0 Å². The maximum absolute atomic E-state index is 12.9. The summed E-state index contributed by atoms with van der Waals surface area (Å²) in [5, 5.41) is 3.74. The lowest BCUT2D eigenvalue weighted by atomic mass is 10.1. The number of nitrogens with one attached hydrogen (secondary N) is 1. The van der Waals surface area contributed by atoms with E-state index in [0.717, 1.165) is 30.3 Å². The number of piperazine rings is 1. The number of rotatable bonds is 4. The van der Waals surface area contributed by atoms with Gasteiger partial charge < -0.3 is 15.1 Å². The summed E-state index contributed by atoms with van der Waals surface area (Å²) in [7, 11) is 1.96. The third-order valence-electron chi connectivity index (χ3n) is 5.28. The Labute approximate surface area is 160 Å². The number of anilines is 1. The zero-order chi connectivity index (χ0) is 18.7. The first kappa shape index (κ1) is 19.0. The van der Waals surface area contributed by atoms with Crippen LogP contribution < -0.4 is 10.2 Å². The van der Waals surface area contributed by atoms with Crippen molar-refractivity contribution in [2.24, 2.45) is 0 Å². The number of carbonyl (C=O) groups excluding carboxylic acids is 2. The van der Waals surface area contributed by atoms with E-state index in [1.807, 2.05) is 37.1 Å². The summed E-state index contributed by atoms with van der Waals surface area (Å²) in [4.78, 5) is 30.8. The van der Waals surface area contributed by atoms with Crippen molar-refractivity contribution in [3.8, 4) is 0 Å². The number of hydrogen-bond acceptors (Lipinski definition) is 4. The fourth-order valence-electron chi connectivity index (χ4n) is 3.79. The molecule has 2 aliphatic heterocycles. The number of amides is 2. The largest absolute Gasteiger partial charge is 0.368 e. The Kier molecular flexibility index (Phi) is 6.04. The van der Waals surface area contributed by atoms with Gasteiger partial charge in [0.05, 0.1) is 6.04 Å². The summed E-state index contributed by atoms with van der Waals surface area (Å²) in [6.07, 6.45) is 1.17. The summed E-state index contributed by atoms with van der Waals surface area (Å²) >= 11 is 6.08. The Morgan fingerprint density at radius 2 is 1.96 bits per heavy atom. The van der Waals surface area contributed by atoms with Gasteiger partial charge in [-0.2, -0.15) is 0 Å². The molecule has 2 fully saturated rings. The van der Waals surface area contributed by atoms with Crippen molar-refractivity contribution in [2.45, 2.75) is 31.8 Å². The van der Waals surface area contributed by atoms with Crippen LogP contribution >= 0.6 is 11.6 Å². The molecule has 0 aliphatic carbocycles. The molecule has 0 spiro atoms. The number of likely N-dealkylation sites (tertiary alicyclic amines) is 1. The Hall–Kier alpha value is -1.79. The number of likely N-dealkylation sites (N-methyl/N-ethyl adjacent to an activating group) is 1. The van der Waals surface area contributed by atoms with Gasteiger partial charge in [-0.1, -0.05) is 24.6 Å². The first-order valence-electron chi connectivity index (χ1n) is 9.27. The average molecular weight is 379 g/mol. The van der Waals surface area contributed by atoms with Crippen LogP contribution in [-0.2, 0) is 9.59 Å². The molecule has 2 unspecified atom stereocenters. The van der Waals surface area contributed by atoms with Crippen molar-refractivity contribution in [1.29, 1.82) is 0 Å². The summed E-state index contributed by atoms with van der Waals surface area (Å²) in [6.45, 7) is 5.60. The van der Waals surface area contributed by atoms with E-state index in [2.05, 4.69) is 21.2 Å². The highest BCUT2D eigenvalue weighted by Gasteiger charge is 2.37. The van der Waals surface area contributed by atoms with Crippen LogP contribution in [0.2, 0.25) is 5.02 Å². The predicted molar refractivity (Wildman–Crippen MR) is 104 cm³/mol. The fourth-order valence-corrected chi connectivity index (χ4v) is 3.98. The number of halogens is 1. The van der Waals surface area contributed by atoms with Crippen LogP contribution in [0.25, 0.3) is 0 Å². The lowest BCUT2D eigenvalue weighted by molar-refractivity contribution is -0.136. The lowest BCUT2D eigenvalue weighted by Gasteiger charge is -2.38. The van der Waals surface area contributed by atoms with E-state index in [0.29, 0.717) is 25.9 Å². The normalized spacial score (nSPS) is 24.0. The Morgan fingerprint density at radius 1 is 1.23 bits per heavy atom. The van der Waals surface area contributed by atoms with E-state index in [-0.39, 0.29) is 23.9 Å². The minimum absolute atomic E-state index is 0.0478. The molecule has 0 saturated carbocycles. The molecule has 142 valence electrons. The van der Waals surface area contributed by atoms with E-state index >= 15 is 0 Å². The van der Waals surface area contributed by atoms with E-state index in [1.54, 1.807) is 0 Å². The van der Waals surface area contributed by atoms with Gasteiger partial charge >= 0.3 is 0 Å². The third-order valence-corrected chi connectivity index (χ3v) is 5.52. The van der Waals surface area contributed by atoms with Gasteiger partial charge in [-0.25, -0.2) is 0 Å². The molecule has 2 saturated heterocycles. The quantitative estimate of drug-likeness (QED) is 0.864. The Morgan fingerprint density at radius 3 is 2.62 bits per heavy atom. The van der Waals surface area contributed by atoms with E-state index in [1.165, 1.54) is 0 Å². The lowest BCUT2D eigenvalue weighted by Crippen LogP contribution is -2.53. The van der Waals surface area contributed by atoms with Crippen LogP contribution in [0.1, 0.15) is 19.8 Å². The average Bonchev–Trinajstić information content (AvgIpc) is 3.01. The van der Waals surface area contributed by atoms with Gasteiger partial charge in [0.1, 0.15) is 0 Å². The first-order valence-corrected chi connectivity index (χ1v) is 9.64. The van der Waals surface area contributed by atoms with Gasteiger partial charge in [0.2, 0.25) is 11.8 Å². The molecule has 26 heavy (non-hydrogen) atoms. The van der Waals surface area contributed by atoms with Gasteiger partial charge in [0.25, 0.3) is 0 Å². The highest BCUT2D eigenvalue weighted by Crippen LogP contribution is 2.23. The highest BCUT2D eigenvalue weighted by atomic mass is 35.5. The SMILES string of the molecule is CCC(=O)NC1CC(C(=O)N2CCN(c3cccc(Cl)c3)CC2)N(C)C1. The van der Waals surface area contributed by atoms with Crippen molar-refractivity contribution in [3.05, 3.63) is 29.3 Å². The minimum Gasteiger partial charge on any atom is -0.368 e. The van der Waals surface area contributed by atoms with Crippen molar-refractivity contribution in [2.75, 3.05) is 44.7 Å². The van der Waals surface area contributed by atoms with Crippen LogP contribution in [0.15, 0.2) is 24.3 Å². The first-order chi connectivity index (χ1) is 12.5. The molecule has 2 atom stereocenters. The summed E-state index contributed by atoms with van der Waals surface area (Å²) < 4.78 is 0. The molecule has 2 amide bonds. The summed E-state index contributed by atoms with van der Waals surface area (Å²) in [5.41, 5.74) is 1.10. The second-order valence-corrected chi connectivity index (χ2v) is 7.54. The van der Waals surface area contributed by atoms with Crippen molar-refractivity contribution >= 4 is 29.1 Å². The summed E-state index contributed by atoms with van der Waals surface area (Å²) in [6, 6.07) is 7.76. The number of carbonyl (C=O) groups is 2. The van der Waals surface area contributed by atoms with Gasteiger partial charge in [-0.3, -0.25) is 14.5 Å². The van der Waals surface area contributed by atoms with Gasteiger partial charge in [-0.15, -0.1) is 0 Å². The van der Waals surface area contributed by atoms with Gasteiger partial charge in [0, 0.05) is 55.9 Å². The fraction of sp³-hybridized carbons (Fsp3) is 0.579. The molecule has 3 rings (SSSR count). The zero-order valence-corrected chi connectivity index (χ0v) is 16.2. The molecule has 0 bridgehead atoms. The molecule has 7 heteroatoms. The molecule has 1 aromatic rings. The van der Waals surface area contributed by atoms with E-state index in [4.69, 9.17) is 11.6 Å². The van der Waals surface area contributed by atoms with Crippen LogP contribution in [0.4, 0.5) is 5.69 Å². The molecule has 2 heterocycles. The van der Waals surface area contributed by atoms with Gasteiger partial charge in [-0.05, 0) is 31.7 Å². The number of hydrogen-bond donors (Lipinski definition) is 1. The molecule has 0 radical (unpaired) electrons. The summed E-state index contributed by atoms with van der Waals surface area (Å²) in [5.74, 6) is 0.220. The van der Waals surface area contributed by atoms with Crippen molar-refractivity contribution in [3.63, 3.8) is 0 Å². The number of nitrogens with zero attached hydrogens (tertiary/aromatic N) is 3. The molecular weight excluding hydrogens is 352 g/mol. The smallest absolute Gasteiger partial charge is 0.240 e. The topological polar surface area (TPSA) is 55.9 Å². The molecule has 1 N–H and O–H groups in total. The zero-order valence-electron chi connectivity index (χ0n) is 15.4. The maximum atomic E-state index is 12.9. The standard InChI is InChI=1S/C19H27ClN4O2/c1-3-18(25)21-15-12-17(22(2)13-15)19(26)24-9-7-23(8-10-24)16-6-4-5-14(20)11-16/h4-6,11,15,17H,3,7-10,12-13H2,1-2H3,(H,21,25). The van der Waals surface area contributed by atoms with Gasteiger partial charge in [0.15, 0.2) is 0 Å². The highest BCUT2D eigenvalue weighted by molar-refractivity contribution is 6.30. The molecule has 1 aromatic carbocycles. The third kappa shape index (κ3) is 4.30. The van der Waals surface area contributed by atoms with Crippen LogP contribution in [0.5, 0.6) is 0 Å². The molecular formula is C19H27ClN4O2. The molecule has 2 aliphatic rings. The van der Waals surface area contributed by atoms with Crippen LogP contribution in [0.3, 0.4) is 0 Å². The Bertz CT molecular complexity index is 661. The monoisotopic (exact) mass is 378 g/mol. The second-order valence-electron chi connectivity index (χ2n) is 7.10. The second kappa shape index (κ2) is 8.27. The molecule has 0 aromatic heterocycles. The minimum atomic E-state index is -0.144. The van der Waals surface area contributed by atoms with Crippen molar-refractivity contribution < 1.29 is 9.59 Å². The maximum Gasteiger partial charge on any atom is 0.240 e.